The first-order valence-corrected chi connectivity index (χ1v) is 9.40. The van der Waals surface area contributed by atoms with Gasteiger partial charge in [0.25, 0.3) is 0 Å². The number of halogens is 2. The summed E-state index contributed by atoms with van der Waals surface area (Å²) in [6, 6.07) is 19.3. The van der Waals surface area contributed by atoms with Gasteiger partial charge in [-0.25, -0.2) is 8.78 Å². The third-order valence-electron chi connectivity index (χ3n) is 5.73. The first-order chi connectivity index (χ1) is 15.5. The zero-order valence-electron chi connectivity index (χ0n) is 16.2. The van der Waals surface area contributed by atoms with Crippen LogP contribution in [0.5, 0.6) is 0 Å². The lowest BCUT2D eigenvalue weighted by molar-refractivity contribution is 0.627. The Hall–Kier alpha value is -5.04. The summed E-state index contributed by atoms with van der Waals surface area (Å²) >= 11 is 0. The SMILES string of the molecule is N#CC(C#N)=C1c2cc(F)ccc2-c2cc3c(cc21)C(=C(C#N)C#N)c1cc(F)ccc1-3. The van der Waals surface area contributed by atoms with Gasteiger partial charge >= 0.3 is 0 Å². The molecule has 0 saturated heterocycles. The van der Waals surface area contributed by atoms with Crippen LogP contribution in [0.2, 0.25) is 0 Å². The summed E-state index contributed by atoms with van der Waals surface area (Å²) in [5, 5.41) is 38.1. The maximum Gasteiger partial charge on any atom is 0.138 e. The number of nitrogens with zero attached hydrogens (tertiary/aromatic N) is 4. The fourth-order valence-electron chi connectivity index (χ4n) is 4.48. The maximum absolute atomic E-state index is 14.1. The number of allylic oxidation sites excluding steroid dienone is 2. The Bertz CT molecular complexity index is 1480. The molecule has 5 rings (SSSR count). The van der Waals surface area contributed by atoms with Crippen molar-refractivity contribution in [2.45, 2.75) is 0 Å². The van der Waals surface area contributed by atoms with Crippen molar-refractivity contribution < 1.29 is 8.78 Å². The molecule has 2 aliphatic carbocycles. The van der Waals surface area contributed by atoms with Crippen molar-refractivity contribution in [3.8, 4) is 46.5 Å². The van der Waals surface area contributed by atoms with Crippen LogP contribution in [0.1, 0.15) is 22.3 Å². The zero-order chi connectivity index (χ0) is 22.6. The van der Waals surface area contributed by atoms with E-state index in [9.17, 15) is 29.8 Å². The Labute approximate surface area is 181 Å². The third kappa shape index (κ3) is 2.42. The summed E-state index contributed by atoms with van der Waals surface area (Å²) in [5.74, 6) is -1.01. The van der Waals surface area contributed by atoms with Gasteiger partial charge in [-0.15, -0.1) is 0 Å². The minimum Gasteiger partial charge on any atom is -0.207 e. The van der Waals surface area contributed by atoms with Crippen LogP contribution in [0.25, 0.3) is 33.4 Å². The van der Waals surface area contributed by atoms with Gasteiger partial charge in [-0.1, -0.05) is 12.1 Å². The van der Waals surface area contributed by atoms with Crippen LogP contribution in [0.4, 0.5) is 8.78 Å². The van der Waals surface area contributed by atoms with E-state index in [-0.39, 0.29) is 11.1 Å². The number of fused-ring (bicyclic) bond motifs is 6. The van der Waals surface area contributed by atoms with Crippen molar-refractivity contribution in [3.05, 3.63) is 93.6 Å². The number of hydrogen-bond donors (Lipinski definition) is 0. The Morgan fingerprint density at radius 1 is 0.469 bits per heavy atom. The highest BCUT2D eigenvalue weighted by Gasteiger charge is 2.33. The Morgan fingerprint density at radius 2 is 0.812 bits per heavy atom. The fraction of sp³-hybridized carbons (Fsp3) is 0. The van der Waals surface area contributed by atoms with Crippen LogP contribution in [0.3, 0.4) is 0 Å². The molecule has 2 aliphatic rings. The minimum atomic E-state index is -0.505. The molecule has 0 amide bonds. The molecule has 4 nitrogen and oxygen atoms in total. The summed E-state index contributed by atoms with van der Waals surface area (Å²) in [6.07, 6.45) is 0. The largest absolute Gasteiger partial charge is 0.207 e. The lowest BCUT2D eigenvalue weighted by Crippen LogP contribution is -1.92. The van der Waals surface area contributed by atoms with E-state index >= 15 is 0 Å². The van der Waals surface area contributed by atoms with E-state index in [1.807, 2.05) is 30.3 Å². The predicted octanol–water partition coefficient (Wildman–Crippen LogP) is 5.62. The normalized spacial score (nSPS) is 11.8. The van der Waals surface area contributed by atoms with Gasteiger partial charge in [0.15, 0.2) is 0 Å². The lowest BCUT2D eigenvalue weighted by atomic mass is 9.93. The molecule has 0 saturated carbocycles. The van der Waals surface area contributed by atoms with Crippen molar-refractivity contribution >= 4 is 11.1 Å². The molecule has 0 heterocycles. The van der Waals surface area contributed by atoms with Gasteiger partial charge in [-0.3, -0.25) is 0 Å². The molecule has 6 heteroatoms. The summed E-state index contributed by atoms with van der Waals surface area (Å²) in [4.78, 5) is 0. The van der Waals surface area contributed by atoms with E-state index in [1.165, 1.54) is 24.3 Å². The molecule has 0 radical (unpaired) electrons. The average Bonchev–Trinajstić information content (AvgIpc) is 3.26. The molecule has 0 aliphatic heterocycles. The fourth-order valence-corrected chi connectivity index (χ4v) is 4.48. The molecule has 0 N–H and O–H groups in total. The van der Waals surface area contributed by atoms with Gasteiger partial charge in [-0.05, 0) is 80.9 Å². The minimum absolute atomic E-state index is 0.177. The number of benzene rings is 3. The van der Waals surface area contributed by atoms with Gasteiger partial charge in [0.2, 0.25) is 0 Å². The molecule has 0 unspecified atom stereocenters. The van der Waals surface area contributed by atoms with Crippen LogP contribution in [-0.4, -0.2) is 0 Å². The lowest BCUT2D eigenvalue weighted by Gasteiger charge is -2.08. The molecule has 32 heavy (non-hydrogen) atoms. The summed E-state index contributed by atoms with van der Waals surface area (Å²) in [7, 11) is 0. The number of hydrogen-bond acceptors (Lipinski definition) is 4. The molecule has 0 bridgehead atoms. The highest BCUT2D eigenvalue weighted by atomic mass is 19.1. The number of nitriles is 4. The van der Waals surface area contributed by atoms with Crippen LogP contribution in [0, 0.1) is 57.0 Å². The second-order valence-corrected chi connectivity index (χ2v) is 7.27. The summed E-state index contributed by atoms with van der Waals surface area (Å²) in [6.45, 7) is 0. The molecule has 0 atom stereocenters. The number of rotatable bonds is 0. The van der Waals surface area contributed by atoms with Gasteiger partial charge < -0.3 is 0 Å². The zero-order valence-corrected chi connectivity index (χ0v) is 16.2. The van der Waals surface area contributed by atoms with Gasteiger partial charge in [0.05, 0.1) is 0 Å². The molecule has 3 aromatic rings. The quantitative estimate of drug-likeness (QED) is 0.307. The highest BCUT2D eigenvalue weighted by molar-refractivity contribution is 6.10. The molecule has 146 valence electrons. The van der Waals surface area contributed by atoms with Crippen LogP contribution >= 0.6 is 0 Å². The first-order valence-electron chi connectivity index (χ1n) is 9.40. The van der Waals surface area contributed by atoms with Crippen molar-refractivity contribution in [1.82, 2.24) is 0 Å². The Morgan fingerprint density at radius 3 is 1.19 bits per heavy atom. The maximum atomic E-state index is 14.1. The average molecular weight is 414 g/mol. The van der Waals surface area contributed by atoms with Gasteiger partial charge in [0.1, 0.15) is 47.1 Å². The van der Waals surface area contributed by atoms with Crippen molar-refractivity contribution in [1.29, 1.82) is 21.0 Å². The van der Waals surface area contributed by atoms with E-state index in [1.54, 1.807) is 18.2 Å². The monoisotopic (exact) mass is 414 g/mol. The third-order valence-corrected chi connectivity index (χ3v) is 5.73. The van der Waals surface area contributed by atoms with E-state index in [2.05, 4.69) is 0 Å². The van der Waals surface area contributed by atoms with Crippen molar-refractivity contribution in [2.75, 3.05) is 0 Å². The second-order valence-electron chi connectivity index (χ2n) is 7.27. The van der Waals surface area contributed by atoms with Crippen LogP contribution in [0.15, 0.2) is 59.7 Å². The first kappa shape index (κ1) is 19.0. The van der Waals surface area contributed by atoms with Crippen molar-refractivity contribution in [2.24, 2.45) is 0 Å². The summed E-state index contributed by atoms with van der Waals surface area (Å²) in [5.41, 5.74) is 4.79. The van der Waals surface area contributed by atoms with Crippen LogP contribution < -0.4 is 0 Å². The second kappa shape index (κ2) is 6.75. The van der Waals surface area contributed by atoms with E-state index in [4.69, 9.17) is 0 Å². The Kier molecular flexibility index (Phi) is 4.00. The smallest absolute Gasteiger partial charge is 0.138 e. The van der Waals surface area contributed by atoms with E-state index < -0.39 is 11.6 Å². The van der Waals surface area contributed by atoms with Crippen LogP contribution in [-0.2, 0) is 0 Å². The molecule has 3 aromatic carbocycles. The topological polar surface area (TPSA) is 95.2 Å². The molecular formula is C26H8F2N4. The van der Waals surface area contributed by atoms with Crippen molar-refractivity contribution in [3.63, 3.8) is 0 Å². The highest BCUT2D eigenvalue weighted by Crippen LogP contribution is 2.53. The molecular weight excluding hydrogens is 406 g/mol. The Balaban J connectivity index is 1.95. The van der Waals surface area contributed by atoms with E-state index in [0.717, 1.165) is 0 Å². The molecule has 0 spiro atoms. The standard InChI is InChI=1S/C26H8F2N4/c27-15-1-3-17-19-7-20-18-4-2-16(28)6-22(18)26(14(11-31)12-32)24(20)8-23(19)25(21(17)5-15)13(9-29)10-30/h1-8H. The summed E-state index contributed by atoms with van der Waals surface area (Å²) < 4.78 is 28.1. The van der Waals surface area contributed by atoms with Gasteiger partial charge in [0, 0.05) is 11.1 Å². The molecule has 0 fully saturated rings. The predicted molar refractivity (Wildman–Crippen MR) is 112 cm³/mol. The van der Waals surface area contributed by atoms with Gasteiger partial charge in [-0.2, -0.15) is 21.0 Å². The van der Waals surface area contributed by atoms with E-state index in [0.29, 0.717) is 55.7 Å². The molecule has 0 aromatic heterocycles.